The lowest BCUT2D eigenvalue weighted by atomic mass is 9.90. The Morgan fingerprint density at radius 2 is 2.05 bits per heavy atom. The van der Waals surface area contributed by atoms with Crippen LogP contribution in [0.3, 0.4) is 0 Å². The van der Waals surface area contributed by atoms with Gasteiger partial charge in [-0.1, -0.05) is 29.8 Å². The first kappa shape index (κ1) is 13.4. The third-order valence-electron chi connectivity index (χ3n) is 4.54. The van der Waals surface area contributed by atoms with Crippen molar-refractivity contribution in [2.45, 2.75) is 25.9 Å². The van der Waals surface area contributed by atoms with E-state index in [1.165, 1.54) is 11.1 Å². The van der Waals surface area contributed by atoms with E-state index in [0.29, 0.717) is 18.6 Å². The number of fused-ring (bicyclic) bond motifs is 1. The number of ether oxygens (including phenoxy) is 1. The van der Waals surface area contributed by atoms with E-state index in [4.69, 9.17) is 4.74 Å². The van der Waals surface area contributed by atoms with Crippen molar-refractivity contribution in [2.75, 3.05) is 26.7 Å². The Morgan fingerprint density at radius 1 is 1.30 bits per heavy atom. The van der Waals surface area contributed by atoms with Crippen LogP contribution in [0, 0.1) is 12.8 Å². The SMILES string of the molecule is Cc1ccc(CN2CC[C@H]3COC(=O)N(C)[C@@H]3C2)cc1. The minimum Gasteiger partial charge on any atom is -0.449 e. The largest absolute Gasteiger partial charge is 0.449 e. The molecule has 2 atom stereocenters. The minimum atomic E-state index is -0.177. The molecule has 1 aromatic rings. The van der Waals surface area contributed by atoms with Gasteiger partial charge in [0.1, 0.15) is 0 Å². The highest BCUT2D eigenvalue weighted by Gasteiger charge is 2.38. The molecular formula is C16H22N2O2. The van der Waals surface area contributed by atoms with Gasteiger partial charge < -0.3 is 9.64 Å². The van der Waals surface area contributed by atoms with Crippen LogP contribution < -0.4 is 0 Å². The summed E-state index contributed by atoms with van der Waals surface area (Å²) in [4.78, 5) is 15.9. The highest BCUT2D eigenvalue weighted by Crippen LogP contribution is 2.27. The minimum absolute atomic E-state index is 0.177. The summed E-state index contributed by atoms with van der Waals surface area (Å²) in [6, 6.07) is 9.01. The van der Waals surface area contributed by atoms with Crippen molar-refractivity contribution in [1.82, 2.24) is 9.80 Å². The molecule has 0 aliphatic carbocycles. The molecule has 3 rings (SSSR count). The average Bonchev–Trinajstić information content (AvgIpc) is 2.46. The van der Waals surface area contributed by atoms with E-state index in [2.05, 4.69) is 36.1 Å². The number of likely N-dealkylation sites (N-methyl/N-ethyl adjacent to an activating group) is 1. The van der Waals surface area contributed by atoms with Crippen LogP contribution in [0.4, 0.5) is 4.79 Å². The van der Waals surface area contributed by atoms with Gasteiger partial charge in [-0.2, -0.15) is 0 Å². The molecule has 0 spiro atoms. The number of hydrogen-bond acceptors (Lipinski definition) is 3. The Hall–Kier alpha value is -1.55. The molecule has 2 fully saturated rings. The molecule has 0 radical (unpaired) electrons. The van der Waals surface area contributed by atoms with Crippen molar-refractivity contribution in [3.8, 4) is 0 Å². The first-order chi connectivity index (χ1) is 9.63. The predicted molar refractivity (Wildman–Crippen MR) is 77.5 cm³/mol. The molecule has 4 heteroatoms. The molecular weight excluding hydrogens is 252 g/mol. The Kier molecular flexibility index (Phi) is 3.66. The summed E-state index contributed by atoms with van der Waals surface area (Å²) in [7, 11) is 1.86. The molecule has 0 unspecified atom stereocenters. The second-order valence-corrected chi connectivity index (χ2v) is 6.02. The predicted octanol–water partition coefficient (Wildman–Crippen LogP) is 2.27. The van der Waals surface area contributed by atoms with Gasteiger partial charge in [-0.05, 0) is 25.5 Å². The lowest BCUT2D eigenvalue weighted by Crippen LogP contribution is -2.57. The van der Waals surface area contributed by atoms with E-state index in [9.17, 15) is 4.79 Å². The van der Waals surface area contributed by atoms with Gasteiger partial charge >= 0.3 is 6.09 Å². The van der Waals surface area contributed by atoms with Gasteiger partial charge in [0.25, 0.3) is 0 Å². The number of rotatable bonds is 2. The van der Waals surface area contributed by atoms with Gasteiger partial charge in [-0.25, -0.2) is 4.79 Å². The maximum absolute atomic E-state index is 11.6. The molecule has 2 heterocycles. The molecule has 0 bridgehead atoms. The maximum atomic E-state index is 11.6. The number of amides is 1. The number of nitrogens with zero attached hydrogens (tertiary/aromatic N) is 2. The zero-order valence-corrected chi connectivity index (χ0v) is 12.2. The van der Waals surface area contributed by atoms with Crippen LogP contribution in [-0.2, 0) is 11.3 Å². The molecule has 1 amide bonds. The summed E-state index contributed by atoms with van der Waals surface area (Å²) in [6.07, 6.45) is 0.928. The van der Waals surface area contributed by atoms with Crippen LogP contribution >= 0.6 is 0 Å². The zero-order chi connectivity index (χ0) is 14.1. The Labute approximate surface area is 120 Å². The standard InChI is InChI=1S/C16H22N2O2/c1-12-3-5-13(6-4-12)9-18-8-7-14-11-20-16(19)17(2)15(14)10-18/h3-6,14-15H,7-11H2,1-2H3/t14-,15+/m0/s1. The summed E-state index contributed by atoms with van der Waals surface area (Å²) < 4.78 is 5.19. The summed E-state index contributed by atoms with van der Waals surface area (Å²) in [5, 5.41) is 0. The number of piperidine rings is 1. The number of benzene rings is 1. The van der Waals surface area contributed by atoms with Gasteiger partial charge in [-0.15, -0.1) is 0 Å². The van der Waals surface area contributed by atoms with Crippen molar-refractivity contribution >= 4 is 6.09 Å². The first-order valence-electron chi connectivity index (χ1n) is 7.31. The third-order valence-corrected chi connectivity index (χ3v) is 4.54. The van der Waals surface area contributed by atoms with Crippen molar-refractivity contribution in [3.63, 3.8) is 0 Å². The first-order valence-corrected chi connectivity index (χ1v) is 7.31. The van der Waals surface area contributed by atoms with E-state index < -0.39 is 0 Å². The summed E-state index contributed by atoms with van der Waals surface area (Å²) in [6.45, 7) is 5.70. The van der Waals surface area contributed by atoms with E-state index >= 15 is 0 Å². The van der Waals surface area contributed by atoms with Crippen molar-refractivity contribution in [1.29, 1.82) is 0 Å². The lowest BCUT2D eigenvalue weighted by molar-refractivity contribution is -0.0197. The third kappa shape index (κ3) is 2.66. The molecule has 2 aliphatic heterocycles. The Morgan fingerprint density at radius 3 is 2.80 bits per heavy atom. The molecule has 0 saturated carbocycles. The quantitative estimate of drug-likeness (QED) is 0.829. The summed E-state index contributed by atoms with van der Waals surface area (Å²) >= 11 is 0. The van der Waals surface area contributed by atoms with Crippen LogP contribution in [0.15, 0.2) is 24.3 Å². The molecule has 2 saturated heterocycles. The highest BCUT2D eigenvalue weighted by molar-refractivity contribution is 5.68. The summed E-state index contributed by atoms with van der Waals surface area (Å²) in [5.74, 6) is 0.493. The second-order valence-electron chi connectivity index (χ2n) is 6.02. The van der Waals surface area contributed by atoms with Crippen molar-refractivity contribution in [2.24, 2.45) is 5.92 Å². The van der Waals surface area contributed by atoms with E-state index in [1.54, 1.807) is 4.90 Å². The van der Waals surface area contributed by atoms with Crippen LogP contribution in [0.5, 0.6) is 0 Å². The van der Waals surface area contributed by atoms with Gasteiger partial charge in [0.05, 0.1) is 12.6 Å². The van der Waals surface area contributed by atoms with Crippen LogP contribution in [-0.4, -0.2) is 48.7 Å². The van der Waals surface area contributed by atoms with E-state index in [-0.39, 0.29) is 6.09 Å². The number of cyclic esters (lactones) is 1. The second kappa shape index (κ2) is 5.44. The molecule has 20 heavy (non-hydrogen) atoms. The number of likely N-dealkylation sites (tertiary alicyclic amines) is 1. The van der Waals surface area contributed by atoms with E-state index in [1.807, 2.05) is 7.05 Å². The smallest absolute Gasteiger partial charge is 0.409 e. The zero-order valence-electron chi connectivity index (χ0n) is 12.2. The highest BCUT2D eigenvalue weighted by atomic mass is 16.6. The van der Waals surface area contributed by atoms with Gasteiger partial charge in [0.15, 0.2) is 0 Å². The van der Waals surface area contributed by atoms with Gasteiger partial charge in [-0.3, -0.25) is 4.90 Å². The molecule has 2 aliphatic rings. The van der Waals surface area contributed by atoms with Crippen molar-refractivity contribution < 1.29 is 9.53 Å². The fourth-order valence-corrected chi connectivity index (χ4v) is 3.19. The van der Waals surface area contributed by atoms with Gasteiger partial charge in [0.2, 0.25) is 0 Å². The molecule has 4 nitrogen and oxygen atoms in total. The fraction of sp³-hybridized carbons (Fsp3) is 0.562. The fourth-order valence-electron chi connectivity index (χ4n) is 3.19. The Balaban J connectivity index is 1.65. The number of aryl methyl sites for hydroxylation is 1. The lowest BCUT2D eigenvalue weighted by Gasteiger charge is -2.45. The summed E-state index contributed by atoms with van der Waals surface area (Å²) in [5.41, 5.74) is 2.64. The van der Waals surface area contributed by atoms with Crippen LogP contribution in [0.1, 0.15) is 17.5 Å². The number of hydrogen-bond donors (Lipinski definition) is 0. The topological polar surface area (TPSA) is 32.8 Å². The van der Waals surface area contributed by atoms with Crippen LogP contribution in [0.2, 0.25) is 0 Å². The molecule has 1 aromatic carbocycles. The molecule has 108 valence electrons. The molecule has 0 aromatic heterocycles. The maximum Gasteiger partial charge on any atom is 0.409 e. The van der Waals surface area contributed by atoms with Gasteiger partial charge in [0, 0.05) is 26.1 Å². The van der Waals surface area contributed by atoms with Crippen LogP contribution in [0.25, 0.3) is 0 Å². The van der Waals surface area contributed by atoms with Crippen molar-refractivity contribution in [3.05, 3.63) is 35.4 Å². The monoisotopic (exact) mass is 274 g/mol. The number of carbonyl (C=O) groups excluding carboxylic acids is 1. The number of carbonyl (C=O) groups is 1. The Bertz CT molecular complexity index is 486. The normalized spacial score (nSPS) is 27.1. The van der Waals surface area contributed by atoms with E-state index in [0.717, 1.165) is 26.1 Å². The molecule has 0 N–H and O–H groups in total. The average molecular weight is 274 g/mol.